The number of halogens is 2. The Labute approximate surface area is 175 Å². The van der Waals surface area contributed by atoms with E-state index in [-0.39, 0.29) is 17.3 Å². The number of carbonyl (C=O) groups excluding carboxylic acids is 1. The van der Waals surface area contributed by atoms with Crippen molar-refractivity contribution in [3.05, 3.63) is 65.4 Å². The van der Waals surface area contributed by atoms with Gasteiger partial charge < -0.3 is 20.1 Å². The molecule has 4 rings (SSSR count). The van der Waals surface area contributed by atoms with E-state index >= 15 is 0 Å². The molecule has 0 unspecified atom stereocenters. The number of anilines is 2. The number of allylic oxidation sites excluding steroid dienone is 1. The highest BCUT2D eigenvalue weighted by Crippen LogP contribution is 2.39. The van der Waals surface area contributed by atoms with Crippen molar-refractivity contribution in [3.8, 4) is 11.5 Å². The first kappa shape index (κ1) is 20.3. The van der Waals surface area contributed by atoms with Crippen LogP contribution in [0.15, 0.2) is 59.8 Å². The van der Waals surface area contributed by atoms with E-state index in [1.165, 1.54) is 17.9 Å². The van der Waals surface area contributed by atoms with Crippen LogP contribution in [0.25, 0.3) is 0 Å². The summed E-state index contributed by atoms with van der Waals surface area (Å²) >= 11 is 0. The number of hydrogen-bond donors (Lipinski definition) is 2. The summed E-state index contributed by atoms with van der Waals surface area (Å²) in [5, 5.41) is 17.3. The molecule has 9 nitrogen and oxygen atoms in total. The van der Waals surface area contributed by atoms with Crippen molar-refractivity contribution in [2.24, 2.45) is 0 Å². The minimum absolute atomic E-state index is 0.0822. The minimum atomic E-state index is -3.04. The number of tetrazole rings is 1. The molecule has 1 amide bonds. The van der Waals surface area contributed by atoms with Gasteiger partial charge in [-0.15, -0.1) is 0 Å². The van der Waals surface area contributed by atoms with Crippen LogP contribution in [0, 0.1) is 0 Å². The topological polar surface area (TPSA) is 103 Å². The van der Waals surface area contributed by atoms with Gasteiger partial charge in [0.25, 0.3) is 5.91 Å². The SMILES string of the molecule is COc1ccccc1NC(=O)C1=C(C)Nc2nnnn2[C@H]1c1ccccc1OC(F)F. The smallest absolute Gasteiger partial charge is 0.387 e. The van der Waals surface area contributed by atoms with Crippen molar-refractivity contribution in [2.45, 2.75) is 19.6 Å². The predicted octanol–water partition coefficient (Wildman–Crippen LogP) is 3.21. The fraction of sp³-hybridized carbons (Fsp3) is 0.200. The maximum atomic E-state index is 13.4. The first-order chi connectivity index (χ1) is 15.0. The standard InChI is InChI=1S/C20H18F2N6O3/c1-11-16(18(29)24-13-8-4-6-10-15(13)30-2)17(28-20(23-11)25-26-27-28)12-7-3-5-9-14(12)31-19(21)22/h3-10,17,19H,1-2H3,(H,24,29)(H,23,25,27)/t17-/m0/s1. The zero-order valence-corrected chi connectivity index (χ0v) is 16.5. The Kier molecular flexibility index (Phi) is 5.48. The summed E-state index contributed by atoms with van der Waals surface area (Å²) in [4.78, 5) is 13.4. The van der Waals surface area contributed by atoms with Crippen molar-refractivity contribution in [3.63, 3.8) is 0 Å². The average molecular weight is 428 g/mol. The molecule has 2 N–H and O–H groups in total. The molecule has 0 aliphatic carbocycles. The Morgan fingerprint density at radius 2 is 1.87 bits per heavy atom. The van der Waals surface area contributed by atoms with Crippen LogP contribution >= 0.6 is 0 Å². The van der Waals surface area contributed by atoms with Gasteiger partial charge in [0.05, 0.1) is 18.4 Å². The highest BCUT2D eigenvalue weighted by atomic mass is 19.3. The molecule has 1 aromatic heterocycles. The molecule has 1 aliphatic heterocycles. The number of nitrogens with zero attached hydrogens (tertiary/aromatic N) is 4. The van der Waals surface area contributed by atoms with Crippen LogP contribution in [0.3, 0.4) is 0 Å². The zero-order chi connectivity index (χ0) is 22.0. The third kappa shape index (κ3) is 3.89. The number of ether oxygens (including phenoxy) is 2. The summed E-state index contributed by atoms with van der Waals surface area (Å²) in [5.74, 6) is 0.177. The quantitative estimate of drug-likeness (QED) is 0.621. The number of carbonyl (C=O) groups is 1. The summed E-state index contributed by atoms with van der Waals surface area (Å²) in [6, 6.07) is 12.2. The molecular formula is C20H18F2N6O3. The van der Waals surface area contributed by atoms with Gasteiger partial charge in [-0.25, -0.2) is 0 Å². The normalized spacial score (nSPS) is 15.3. The molecule has 0 radical (unpaired) electrons. The monoisotopic (exact) mass is 428 g/mol. The Balaban J connectivity index is 1.80. The first-order valence-corrected chi connectivity index (χ1v) is 9.23. The summed E-state index contributed by atoms with van der Waals surface area (Å²) in [5.41, 5.74) is 1.46. The molecule has 0 spiro atoms. The van der Waals surface area contributed by atoms with Crippen LogP contribution in [0.4, 0.5) is 20.4 Å². The van der Waals surface area contributed by atoms with Crippen molar-refractivity contribution >= 4 is 17.5 Å². The molecule has 160 valence electrons. The molecule has 0 fully saturated rings. The van der Waals surface area contributed by atoms with Gasteiger partial charge in [-0.1, -0.05) is 35.4 Å². The molecule has 11 heteroatoms. The highest BCUT2D eigenvalue weighted by molar-refractivity contribution is 6.06. The summed E-state index contributed by atoms with van der Waals surface area (Å²) in [6.45, 7) is -1.36. The van der Waals surface area contributed by atoms with E-state index in [9.17, 15) is 13.6 Å². The molecule has 2 heterocycles. The lowest BCUT2D eigenvalue weighted by Crippen LogP contribution is -2.32. The molecular weight excluding hydrogens is 410 g/mol. The molecule has 31 heavy (non-hydrogen) atoms. The number of benzene rings is 2. The predicted molar refractivity (Wildman–Crippen MR) is 107 cm³/mol. The van der Waals surface area contributed by atoms with E-state index in [1.54, 1.807) is 49.4 Å². The van der Waals surface area contributed by atoms with Crippen LogP contribution in [-0.2, 0) is 4.79 Å². The number of nitrogens with one attached hydrogen (secondary N) is 2. The molecule has 1 aliphatic rings. The second-order valence-electron chi connectivity index (χ2n) is 6.58. The first-order valence-electron chi connectivity index (χ1n) is 9.23. The molecule has 0 saturated carbocycles. The van der Waals surface area contributed by atoms with Gasteiger partial charge >= 0.3 is 6.61 Å². The fourth-order valence-electron chi connectivity index (χ4n) is 3.44. The van der Waals surface area contributed by atoms with E-state index in [2.05, 4.69) is 26.2 Å². The fourth-order valence-corrected chi connectivity index (χ4v) is 3.44. The third-order valence-corrected chi connectivity index (χ3v) is 4.74. The lowest BCUT2D eigenvalue weighted by molar-refractivity contribution is -0.113. The van der Waals surface area contributed by atoms with Gasteiger partial charge in [0.2, 0.25) is 5.95 Å². The summed E-state index contributed by atoms with van der Waals surface area (Å²) < 4.78 is 37.4. The lowest BCUT2D eigenvalue weighted by atomic mass is 9.94. The van der Waals surface area contributed by atoms with Gasteiger partial charge in [0.1, 0.15) is 17.5 Å². The molecule has 0 bridgehead atoms. The number of alkyl halides is 2. The van der Waals surface area contributed by atoms with E-state index < -0.39 is 18.6 Å². The summed E-state index contributed by atoms with van der Waals surface area (Å²) in [6.07, 6.45) is 0. The number of rotatable bonds is 6. The van der Waals surface area contributed by atoms with Gasteiger partial charge in [-0.2, -0.15) is 13.5 Å². The Hall–Kier alpha value is -4.02. The molecule has 2 aromatic carbocycles. The van der Waals surface area contributed by atoms with Crippen molar-refractivity contribution in [1.29, 1.82) is 0 Å². The second kappa shape index (κ2) is 8.38. The Bertz CT molecular complexity index is 1150. The summed E-state index contributed by atoms with van der Waals surface area (Å²) in [7, 11) is 1.49. The van der Waals surface area contributed by atoms with Crippen LogP contribution < -0.4 is 20.1 Å². The number of hydrogen-bond acceptors (Lipinski definition) is 7. The van der Waals surface area contributed by atoms with E-state index in [4.69, 9.17) is 9.47 Å². The largest absolute Gasteiger partial charge is 0.495 e. The Morgan fingerprint density at radius 3 is 2.61 bits per heavy atom. The van der Waals surface area contributed by atoms with Crippen LogP contribution in [0.1, 0.15) is 18.5 Å². The zero-order valence-electron chi connectivity index (χ0n) is 16.5. The number of fused-ring (bicyclic) bond motifs is 1. The van der Waals surface area contributed by atoms with Gasteiger partial charge in [0, 0.05) is 11.3 Å². The number of aromatic nitrogens is 4. The lowest BCUT2D eigenvalue weighted by Gasteiger charge is -2.29. The van der Waals surface area contributed by atoms with Crippen LogP contribution in [0.2, 0.25) is 0 Å². The molecule has 3 aromatic rings. The van der Waals surface area contributed by atoms with Crippen molar-refractivity contribution in [1.82, 2.24) is 20.2 Å². The number of amides is 1. The molecule has 1 atom stereocenters. The second-order valence-corrected chi connectivity index (χ2v) is 6.58. The maximum absolute atomic E-state index is 13.4. The van der Waals surface area contributed by atoms with Gasteiger partial charge in [-0.05, 0) is 35.5 Å². The number of para-hydroxylation sites is 3. The van der Waals surface area contributed by atoms with Crippen LogP contribution in [-0.4, -0.2) is 39.8 Å². The minimum Gasteiger partial charge on any atom is -0.495 e. The Morgan fingerprint density at radius 1 is 1.16 bits per heavy atom. The van der Waals surface area contributed by atoms with E-state index in [0.717, 1.165) is 0 Å². The highest BCUT2D eigenvalue weighted by Gasteiger charge is 2.36. The van der Waals surface area contributed by atoms with E-state index in [0.29, 0.717) is 22.7 Å². The number of methoxy groups -OCH3 is 1. The van der Waals surface area contributed by atoms with Gasteiger partial charge in [-0.3, -0.25) is 4.79 Å². The van der Waals surface area contributed by atoms with Gasteiger partial charge in [0.15, 0.2) is 0 Å². The van der Waals surface area contributed by atoms with Crippen molar-refractivity contribution < 1.29 is 23.0 Å². The molecule has 0 saturated heterocycles. The van der Waals surface area contributed by atoms with Crippen molar-refractivity contribution in [2.75, 3.05) is 17.7 Å². The third-order valence-electron chi connectivity index (χ3n) is 4.74. The van der Waals surface area contributed by atoms with Crippen LogP contribution in [0.5, 0.6) is 11.5 Å². The average Bonchev–Trinajstić information content (AvgIpc) is 3.21. The van der Waals surface area contributed by atoms with E-state index in [1.807, 2.05) is 0 Å². The maximum Gasteiger partial charge on any atom is 0.387 e.